The van der Waals surface area contributed by atoms with Gasteiger partial charge >= 0.3 is 0 Å². The molecule has 0 heterocycles. The van der Waals surface area contributed by atoms with Crippen molar-refractivity contribution in [2.45, 2.75) is 57.0 Å². The summed E-state index contributed by atoms with van der Waals surface area (Å²) >= 11 is 0. The van der Waals surface area contributed by atoms with E-state index < -0.39 is 0 Å². The number of hydrogen-bond donors (Lipinski definition) is 2. The van der Waals surface area contributed by atoms with Gasteiger partial charge < -0.3 is 10.6 Å². The topological polar surface area (TPSA) is 41.1 Å². The zero-order chi connectivity index (χ0) is 13.8. The van der Waals surface area contributed by atoms with Crippen molar-refractivity contribution in [1.29, 1.82) is 0 Å². The Balaban J connectivity index is 1.27. The molecule has 2 aliphatic rings. The Morgan fingerprint density at radius 1 is 1.10 bits per heavy atom. The molecule has 3 rings (SSSR count). The van der Waals surface area contributed by atoms with Crippen molar-refractivity contribution in [2.24, 2.45) is 0 Å². The van der Waals surface area contributed by atoms with Gasteiger partial charge in [0.1, 0.15) is 0 Å². The summed E-state index contributed by atoms with van der Waals surface area (Å²) in [5.41, 5.74) is 2.82. The molecule has 1 aromatic carbocycles. The van der Waals surface area contributed by atoms with Gasteiger partial charge in [0.2, 0.25) is 5.91 Å². The molecule has 0 atom stereocenters. The zero-order valence-electron chi connectivity index (χ0n) is 12.0. The van der Waals surface area contributed by atoms with Gasteiger partial charge in [-0.25, -0.2) is 0 Å². The molecular formula is C17H24N2O. The van der Waals surface area contributed by atoms with Gasteiger partial charge in [-0.2, -0.15) is 0 Å². The van der Waals surface area contributed by atoms with E-state index in [2.05, 4.69) is 34.9 Å². The summed E-state index contributed by atoms with van der Waals surface area (Å²) in [6.45, 7) is 1.80. The molecule has 2 fully saturated rings. The molecule has 2 N–H and O–H groups in total. The molecule has 0 bridgehead atoms. The Morgan fingerprint density at radius 3 is 2.50 bits per heavy atom. The van der Waals surface area contributed by atoms with Crippen LogP contribution in [0.3, 0.4) is 0 Å². The molecule has 3 heteroatoms. The summed E-state index contributed by atoms with van der Waals surface area (Å²) in [7, 11) is 0. The minimum absolute atomic E-state index is 0.211. The first kappa shape index (κ1) is 13.6. The van der Waals surface area contributed by atoms with Gasteiger partial charge in [-0.05, 0) is 55.7 Å². The number of rotatable bonds is 8. The van der Waals surface area contributed by atoms with Crippen molar-refractivity contribution < 1.29 is 4.79 Å². The first-order valence-electron chi connectivity index (χ1n) is 7.90. The number of amides is 1. The predicted octanol–water partition coefficient (Wildman–Crippen LogP) is 2.71. The highest BCUT2D eigenvalue weighted by Crippen LogP contribution is 2.39. The lowest BCUT2D eigenvalue weighted by atomic mass is 10.1. The van der Waals surface area contributed by atoms with E-state index in [1.165, 1.54) is 36.8 Å². The normalized spacial score (nSPS) is 18.0. The maximum atomic E-state index is 11.5. The zero-order valence-corrected chi connectivity index (χ0v) is 12.0. The van der Waals surface area contributed by atoms with Gasteiger partial charge in [0.15, 0.2) is 0 Å². The molecule has 0 saturated heterocycles. The van der Waals surface area contributed by atoms with E-state index in [4.69, 9.17) is 0 Å². The van der Waals surface area contributed by atoms with Crippen molar-refractivity contribution in [3.63, 3.8) is 0 Å². The van der Waals surface area contributed by atoms with Crippen molar-refractivity contribution in [3.05, 3.63) is 35.4 Å². The van der Waals surface area contributed by atoms with Crippen LogP contribution in [-0.4, -0.2) is 18.5 Å². The minimum Gasteiger partial charge on any atom is -0.353 e. The van der Waals surface area contributed by atoms with Crippen LogP contribution in [0.2, 0.25) is 0 Å². The highest BCUT2D eigenvalue weighted by atomic mass is 16.1. The summed E-state index contributed by atoms with van der Waals surface area (Å²) < 4.78 is 0. The van der Waals surface area contributed by atoms with Gasteiger partial charge in [0, 0.05) is 19.0 Å². The van der Waals surface area contributed by atoms with Gasteiger partial charge in [-0.3, -0.25) is 4.79 Å². The van der Waals surface area contributed by atoms with Crippen LogP contribution in [-0.2, 0) is 11.3 Å². The molecule has 0 radical (unpaired) electrons. The monoisotopic (exact) mass is 272 g/mol. The second-order valence-corrected chi connectivity index (χ2v) is 6.14. The molecule has 0 spiro atoms. The SMILES string of the molecule is O=C(CCCNCc1ccc(C2CC2)cc1)NC1CC1. The number of hydrogen-bond acceptors (Lipinski definition) is 2. The largest absolute Gasteiger partial charge is 0.353 e. The Morgan fingerprint density at radius 2 is 1.85 bits per heavy atom. The van der Waals surface area contributed by atoms with E-state index in [0.717, 1.165) is 25.4 Å². The molecule has 2 saturated carbocycles. The average Bonchev–Trinajstić information content (AvgIpc) is 3.33. The second kappa shape index (κ2) is 6.40. The summed E-state index contributed by atoms with van der Waals surface area (Å²) in [5, 5.41) is 6.43. The van der Waals surface area contributed by atoms with E-state index in [1.807, 2.05) is 0 Å². The molecule has 0 aliphatic heterocycles. The van der Waals surface area contributed by atoms with Crippen LogP contribution in [0.25, 0.3) is 0 Å². The Hall–Kier alpha value is -1.35. The van der Waals surface area contributed by atoms with Crippen LogP contribution in [0.15, 0.2) is 24.3 Å². The fourth-order valence-electron chi connectivity index (χ4n) is 2.46. The molecule has 1 aromatic rings. The molecule has 108 valence electrons. The first-order valence-corrected chi connectivity index (χ1v) is 7.90. The lowest BCUT2D eigenvalue weighted by Gasteiger charge is -2.06. The van der Waals surface area contributed by atoms with Crippen molar-refractivity contribution >= 4 is 5.91 Å². The van der Waals surface area contributed by atoms with Crippen LogP contribution >= 0.6 is 0 Å². The van der Waals surface area contributed by atoms with Gasteiger partial charge in [0.05, 0.1) is 0 Å². The highest BCUT2D eigenvalue weighted by Gasteiger charge is 2.23. The highest BCUT2D eigenvalue weighted by molar-refractivity contribution is 5.76. The number of carbonyl (C=O) groups excluding carboxylic acids is 1. The summed E-state index contributed by atoms with van der Waals surface area (Å²) in [6, 6.07) is 9.46. The van der Waals surface area contributed by atoms with Crippen molar-refractivity contribution in [1.82, 2.24) is 10.6 Å². The average molecular weight is 272 g/mol. The smallest absolute Gasteiger partial charge is 0.220 e. The van der Waals surface area contributed by atoms with Gasteiger partial charge in [-0.15, -0.1) is 0 Å². The number of benzene rings is 1. The fraction of sp³-hybridized carbons (Fsp3) is 0.588. The maximum Gasteiger partial charge on any atom is 0.220 e. The molecule has 0 unspecified atom stereocenters. The van der Waals surface area contributed by atoms with Crippen LogP contribution < -0.4 is 10.6 Å². The number of carbonyl (C=O) groups is 1. The van der Waals surface area contributed by atoms with Crippen LogP contribution in [0.5, 0.6) is 0 Å². The van der Waals surface area contributed by atoms with E-state index in [9.17, 15) is 4.79 Å². The second-order valence-electron chi connectivity index (χ2n) is 6.14. The van der Waals surface area contributed by atoms with E-state index >= 15 is 0 Å². The van der Waals surface area contributed by atoms with E-state index in [1.54, 1.807) is 0 Å². The Bertz CT molecular complexity index is 447. The molecular weight excluding hydrogens is 248 g/mol. The van der Waals surface area contributed by atoms with Gasteiger partial charge in [0.25, 0.3) is 0 Å². The summed E-state index contributed by atoms with van der Waals surface area (Å²) in [5.74, 6) is 1.05. The summed E-state index contributed by atoms with van der Waals surface area (Å²) in [6.07, 6.45) is 6.62. The summed E-state index contributed by atoms with van der Waals surface area (Å²) in [4.78, 5) is 11.5. The lowest BCUT2D eigenvalue weighted by Crippen LogP contribution is -2.26. The molecule has 20 heavy (non-hydrogen) atoms. The van der Waals surface area contributed by atoms with Crippen molar-refractivity contribution in [3.8, 4) is 0 Å². The Labute approximate surface area is 121 Å². The standard InChI is InChI=1S/C17H24N2O/c20-17(19-16-9-10-16)2-1-11-18-12-13-3-5-14(6-4-13)15-7-8-15/h3-6,15-16,18H,1-2,7-12H2,(H,19,20). The first-order chi connectivity index (χ1) is 9.81. The third-order valence-corrected chi connectivity index (χ3v) is 4.06. The number of nitrogens with one attached hydrogen (secondary N) is 2. The molecule has 2 aliphatic carbocycles. The van der Waals surface area contributed by atoms with Crippen LogP contribution in [0, 0.1) is 0 Å². The molecule has 3 nitrogen and oxygen atoms in total. The fourth-order valence-corrected chi connectivity index (χ4v) is 2.46. The molecule has 1 amide bonds. The van der Waals surface area contributed by atoms with Crippen LogP contribution in [0.1, 0.15) is 55.6 Å². The van der Waals surface area contributed by atoms with Gasteiger partial charge in [-0.1, -0.05) is 24.3 Å². The molecule has 0 aromatic heterocycles. The minimum atomic E-state index is 0.211. The van der Waals surface area contributed by atoms with E-state index in [-0.39, 0.29) is 5.91 Å². The predicted molar refractivity (Wildman–Crippen MR) is 80.5 cm³/mol. The van der Waals surface area contributed by atoms with Crippen molar-refractivity contribution in [2.75, 3.05) is 6.54 Å². The Kier molecular flexibility index (Phi) is 4.36. The lowest BCUT2D eigenvalue weighted by molar-refractivity contribution is -0.121. The maximum absolute atomic E-state index is 11.5. The van der Waals surface area contributed by atoms with E-state index in [0.29, 0.717) is 12.5 Å². The quantitative estimate of drug-likeness (QED) is 0.714. The third kappa shape index (κ3) is 4.34. The van der Waals surface area contributed by atoms with Crippen LogP contribution in [0.4, 0.5) is 0 Å². The third-order valence-electron chi connectivity index (χ3n) is 4.06.